The van der Waals surface area contributed by atoms with Crippen LogP contribution in [-0.2, 0) is 17.2 Å². The normalized spacial score (nSPS) is 15.0. The SMILES string of the molecule is C[C@H](N[S@](=O)C(C)(C)C)c1cccc(-c2ccc(C(F)(F)F)cc2)c1. The average molecular weight is 369 g/mol. The summed E-state index contributed by atoms with van der Waals surface area (Å²) in [5.74, 6) is 0. The quantitative estimate of drug-likeness (QED) is 0.759. The zero-order valence-corrected chi connectivity index (χ0v) is 15.5. The fraction of sp³-hybridized carbons (Fsp3) is 0.368. The Labute approximate surface area is 149 Å². The Bertz CT molecular complexity index is 748. The summed E-state index contributed by atoms with van der Waals surface area (Å²) in [5.41, 5.74) is 1.79. The fourth-order valence-corrected chi connectivity index (χ4v) is 3.06. The van der Waals surface area contributed by atoms with E-state index in [1.807, 2.05) is 52.0 Å². The second-order valence-electron chi connectivity index (χ2n) is 6.92. The highest BCUT2D eigenvalue weighted by molar-refractivity contribution is 7.84. The first-order valence-electron chi connectivity index (χ1n) is 7.94. The summed E-state index contributed by atoms with van der Waals surface area (Å²) in [5, 5.41) is 0. The minimum Gasteiger partial charge on any atom is -0.242 e. The molecular weight excluding hydrogens is 347 g/mol. The molecule has 0 heterocycles. The second kappa shape index (κ2) is 7.30. The van der Waals surface area contributed by atoms with Crippen LogP contribution in [0.4, 0.5) is 13.2 Å². The first-order valence-corrected chi connectivity index (χ1v) is 9.09. The number of rotatable bonds is 4. The van der Waals surface area contributed by atoms with Gasteiger partial charge in [-0.1, -0.05) is 30.3 Å². The van der Waals surface area contributed by atoms with E-state index in [-0.39, 0.29) is 10.8 Å². The smallest absolute Gasteiger partial charge is 0.242 e. The lowest BCUT2D eigenvalue weighted by molar-refractivity contribution is -0.137. The van der Waals surface area contributed by atoms with Crippen molar-refractivity contribution in [1.29, 1.82) is 0 Å². The predicted molar refractivity (Wildman–Crippen MR) is 96.3 cm³/mol. The molecule has 136 valence electrons. The van der Waals surface area contributed by atoms with Gasteiger partial charge in [0.2, 0.25) is 0 Å². The summed E-state index contributed by atoms with van der Waals surface area (Å²) in [4.78, 5) is 0. The third-order valence-electron chi connectivity index (χ3n) is 3.77. The summed E-state index contributed by atoms with van der Waals surface area (Å²) in [7, 11) is -1.21. The van der Waals surface area contributed by atoms with Gasteiger partial charge in [0.05, 0.1) is 21.3 Å². The van der Waals surface area contributed by atoms with Crippen molar-refractivity contribution in [2.24, 2.45) is 0 Å². The molecule has 0 aliphatic rings. The predicted octanol–water partition coefficient (Wildman–Crippen LogP) is 5.49. The van der Waals surface area contributed by atoms with Crippen molar-refractivity contribution in [3.63, 3.8) is 0 Å². The number of nitrogens with one attached hydrogen (secondary N) is 1. The van der Waals surface area contributed by atoms with Gasteiger partial charge in [0, 0.05) is 6.04 Å². The topological polar surface area (TPSA) is 29.1 Å². The van der Waals surface area contributed by atoms with Crippen molar-refractivity contribution in [1.82, 2.24) is 4.72 Å². The van der Waals surface area contributed by atoms with E-state index in [9.17, 15) is 17.4 Å². The Morgan fingerprint density at radius 2 is 1.56 bits per heavy atom. The Kier molecular flexibility index (Phi) is 5.74. The standard InChI is InChI=1S/C19H22F3NOS/c1-13(23-25(24)18(2,3)4)15-6-5-7-16(12-15)14-8-10-17(11-9-14)19(20,21)22/h5-13,23H,1-4H3/t13-,25+/m0/s1. The molecular formula is C19H22F3NOS. The van der Waals surface area contributed by atoms with Gasteiger partial charge in [-0.15, -0.1) is 0 Å². The Hall–Kier alpha value is -1.66. The van der Waals surface area contributed by atoms with Gasteiger partial charge in [-0.25, -0.2) is 8.93 Å². The molecule has 0 bridgehead atoms. The lowest BCUT2D eigenvalue weighted by atomic mass is 9.99. The van der Waals surface area contributed by atoms with Crippen LogP contribution in [0.2, 0.25) is 0 Å². The van der Waals surface area contributed by atoms with Crippen LogP contribution in [0.5, 0.6) is 0 Å². The number of hydrogen-bond acceptors (Lipinski definition) is 1. The highest BCUT2D eigenvalue weighted by Crippen LogP contribution is 2.31. The van der Waals surface area contributed by atoms with Crippen molar-refractivity contribution in [3.05, 3.63) is 59.7 Å². The Morgan fingerprint density at radius 3 is 2.08 bits per heavy atom. The summed E-state index contributed by atoms with van der Waals surface area (Å²) in [6.45, 7) is 7.58. The van der Waals surface area contributed by atoms with Crippen molar-refractivity contribution < 1.29 is 17.4 Å². The molecule has 25 heavy (non-hydrogen) atoms. The lowest BCUT2D eigenvalue weighted by Gasteiger charge is -2.22. The van der Waals surface area contributed by atoms with E-state index in [2.05, 4.69) is 4.72 Å². The molecule has 0 aliphatic carbocycles. The van der Waals surface area contributed by atoms with Crippen molar-refractivity contribution in [2.45, 2.75) is 44.7 Å². The van der Waals surface area contributed by atoms with Crippen LogP contribution >= 0.6 is 0 Å². The van der Waals surface area contributed by atoms with E-state index >= 15 is 0 Å². The molecule has 2 aromatic carbocycles. The van der Waals surface area contributed by atoms with Crippen LogP contribution in [-0.4, -0.2) is 8.96 Å². The van der Waals surface area contributed by atoms with Crippen LogP contribution in [0.1, 0.15) is 44.9 Å². The van der Waals surface area contributed by atoms with E-state index in [0.29, 0.717) is 5.56 Å². The monoisotopic (exact) mass is 369 g/mol. The third-order valence-corrected chi connectivity index (χ3v) is 5.45. The molecule has 2 aromatic rings. The summed E-state index contributed by atoms with van der Waals surface area (Å²) in [6.07, 6.45) is -4.34. The van der Waals surface area contributed by atoms with Gasteiger partial charge in [-0.05, 0) is 62.6 Å². The maximum absolute atomic E-state index is 12.7. The number of alkyl halides is 3. The lowest BCUT2D eigenvalue weighted by Crippen LogP contribution is -2.34. The van der Waals surface area contributed by atoms with Gasteiger partial charge in [0.15, 0.2) is 0 Å². The Morgan fingerprint density at radius 1 is 0.960 bits per heavy atom. The molecule has 2 atom stereocenters. The minimum atomic E-state index is -4.34. The largest absolute Gasteiger partial charge is 0.416 e. The van der Waals surface area contributed by atoms with E-state index in [1.165, 1.54) is 12.1 Å². The fourth-order valence-electron chi connectivity index (χ4n) is 2.24. The Balaban J connectivity index is 2.22. The summed E-state index contributed by atoms with van der Waals surface area (Å²) in [6, 6.07) is 12.5. The first kappa shape index (κ1) is 19.7. The molecule has 0 radical (unpaired) electrons. The highest BCUT2D eigenvalue weighted by atomic mass is 32.2. The van der Waals surface area contributed by atoms with Gasteiger partial charge in [-0.3, -0.25) is 0 Å². The average Bonchev–Trinajstić information content (AvgIpc) is 2.53. The molecule has 2 rings (SSSR count). The van der Waals surface area contributed by atoms with E-state index in [0.717, 1.165) is 23.3 Å². The molecule has 0 aliphatic heterocycles. The van der Waals surface area contributed by atoms with Crippen molar-refractivity contribution >= 4 is 11.0 Å². The molecule has 0 aromatic heterocycles. The molecule has 0 saturated carbocycles. The van der Waals surface area contributed by atoms with Crippen molar-refractivity contribution in [2.75, 3.05) is 0 Å². The van der Waals surface area contributed by atoms with Gasteiger partial charge in [-0.2, -0.15) is 13.2 Å². The molecule has 0 spiro atoms. The third kappa shape index (κ3) is 5.16. The van der Waals surface area contributed by atoms with E-state index in [4.69, 9.17) is 0 Å². The molecule has 6 heteroatoms. The summed E-state index contributed by atoms with van der Waals surface area (Å²) < 4.78 is 52.9. The van der Waals surface area contributed by atoms with Crippen LogP contribution in [0.25, 0.3) is 11.1 Å². The second-order valence-corrected chi connectivity index (χ2v) is 8.92. The van der Waals surface area contributed by atoms with Gasteiger partial charge in [0.25, 0.3) is 0 Å². The minimum absolute atomic E-state index is 0.144. The number of halogens is 3. The van der Waals surface area contributed by atoms with E-state index in [1.54, 1.807) is 0 Å². The molecule has 1 N–H and O–H groups in total. The van der Waals surface area contributed by atoms with Gasteiger partial charge < -0.3 is 0 Å². The number of hydrogen-bond donors (Lipinski definition) is 1. The van der Waals surface area contributed by atoms with E-state index < -0.39 is 22.7 Å². The zero-order valence-electron chi connectivity index (χ0n) is 14.6. The molecule has 0 unspecified atom stereocenters. The molecule has 0 amide bonds. The van der Waals surface area contributed by atoms with Gasteiger partial charge >= 0.3 is 6.18 Å². The van der Waals surface area contributed by atoms with Crippen LogP contribution in [0.3, 0.4) is 0 Å². The maximum Gasteiger partial charge on any atom is 0.416 e. The molecule has 0 saturated heterocycles. The number of benzene rings is 2. The van der Waals surface area contributed by atoms with Crippen LogP contribution < -0.4 is 4.72 Å². The molecule has 2 nitrogen and oxygen atoms in total. The maximum atomic E-state index is 12.7. The van der Waals surface area contributed by atoms with Crippen LogP contribution in [0.15, 0.2) is 48.5 Å². The van der Waals surface area contributed by atoms with Gasteiger partial charge in [0.1, 0.15) is 0 Å². The zero-order chi connectivity index (χ0) is 18.8. The molecule has 0 fully saturated rings. The first-order chi connectivity index (χ1) is 11.5. The van der Waals surface area contributed by atoms with Crippen molar-refractivity contribution in [3.8, 4) is 11.1 Å². The summed E-state index contributed by atoms with van der Waals surface area (Å²) >= 11 is 0. The highest BCUT2D eigenvalue weighted by Gasteiger charge is 2.30. The van der Waals surface area contributed by atoms with Crippen LogP contribution in [0, 0.1) is 0 Å².